The monoisotopic (exact) mass is 432 g/mol. The normalized spacial score (nSPS) is 32.1. The predicted molar refractivity (Wildman–Crippen MR) is 118 cm³/mol. The smallest absolute Gasteiger partial charge is 0.255 e. The summed E-state index contributed by atoms with van der Waals surface area (Å²) < 4.78 is 0. The number of imide groups is 1. The van der Waals surface area contributed by atoms with Crippen LogP contribution in [0.25, 0.3) is 0 Å². The van der Waals surface area contributed by atoms with Gasteiger partial charge in [0.25, 0.3) is 5.91 Å². The lowest BCUT2D eigenvalue weighted by Gasteiger charge is -2.37. The highest BCUT2D eigenvalue weighted by Gasteiger charge is 2.67. The van der Waals surface area contributed by atoms with E-state index in [4.69, 9.17) is 11.6 Å². The van der Waals surface area contributed by atoms with Crippen LogP contribution in [0.2, 0.25) is 5.02 Å². The molecular weight excluding hydrogens is 412 g/mol. The number of allylic oxidation sites excluding steroid dienone is 2. The number of hydrogen-bond donors (Lipinski definition) is 1. The van der Waals surface area contributed by atoms with Crippen molar-refractivity contribution < 1.29 is 14.4 Å². The van der Waals surface area contributed by atoms with Gasteiger partial charge in [-0.15, -0.1) is 0 Å². The lowest BCUT2D eigenvalue weighted by atomic mass is 9.63. The van der Waals surface area contributed by atoms with Gasteiger partial charge >= 0.3 is 0 Å². The first-order valence-electron chi connectivity index (χ1n) is 10.7. The average molecular weight is 433 g/mol. The zero-order valence-electron chi connectivity index (χ0n) is 16.9. The first kappa shape index (κ1) is 18.8. The Morgan fingerprint density at radius 1 is 1.00 bits per heavy atom. The van der Waals surface area contributed by atoms with Gasteiger partial charge in [-0.05, 0) is 72.9 Å². The molecule has 5 nitrogen and oxygen atoms in total. The fourth-order valence-electron chi connectivity index (χ4n) is 5.92. The lowest BCUT2D eigenvalue weighted by molar-refractivity contribution is -0.124. The number of halogens is 1. The van der Waals surface area contributed by atoms with Gasteiger partial charge in [-0.25, -0.2) is 4.90 Å². The number of nitrogens with one attached hydrogen (secondary N) is 1. The number of benzene rings is 2. The van der Waals surface area contributed by atoms with Gasteiger partial charge in [0.1, 0.15) is 0 Å². The van der Waals surface area contributed by atoms with Gasteiger partial charge in [-0.2, -0.15) is 0 Å². The molecule has 0 radical (unpaired) electrons. The summed E-state index contributed by atoms with van der Waals surface area (Å²) in [7, 11) is 0. The van der Waals surface area contributed by atoms with Gasteiger partial charge in [0.2, 0.25) is 11.8 Å². The summed E-state index contributed by atoms with van der Waals surface area (Å²) in [5, 5.41) is 3.41. The van der Waals surface area contributed by atoms with E-state index in [2.05, 4.69) is 17.5 Å². The molecule has 1 aliphatic heterocycles. The molecule has 6 atom stereocenters. The van der Waals surface area contributed by atoms with Crippen LogP contribution in [0.1, 0.15) is 22.3 Å². The van der Waals surface area contributed by atoms with Crippen molar-refractivity contribution in [2.75, 3.05) is 10.2 Å². The highest BCUT2D eigenvalue weighted by atomic mass is 35.5. The number of aryl methyl sites for hydroxylation is 1. The fourth-order valence-corrected chi connectivity index (χ4v) is 6.09. The molecule has 2 bridgehead atoms. The van der Waals surface area contributed by atoms with Crippen molar-refractivity contribution in [2.24, 2.45) is 35.5 Å². The maximum atomic E-state index is 13.3. The van der Waals surface area contributed by atoms with Crippen molar-refractivity contribution in [3.63, 3.8) is 0 Å². The number of anilines is 2. The molecular formula is C25H21ClN2O3. The van der Waals surface area contributed by atoms with Crippen LogP contribution in [0.5, 0.6) is 0 Å². The van der Waals surface area contributed by atoms with E-state index in [9.17, 15) is 14.4 Å². The Kier molecular flexibility index (Phi) is 3.97. The van der Waals surface area contributed by atoms with Gasteiger partial charge in [0.05, 0.1) is 17.5 Å². The van der Waals surface area contributed by atoms with E-state index in [-0.39, 0.29) is 41.4 Å². The van der Waals surface area contributed by atoms with Crippen LogP contribution >= 0.6 is 11.6 Å². The third-order valence-corrected chi connectivity index (χ3v) is 7.71. The third-order valence-electron chi connectivity index (χ3n) is 7.48. The van der Waals surface area contributed by atoms with Gasteiger partial charge < -0.3 is 5.32 Å². The zero-order chi connectivity index (χ0) is 21.4. The molecule has 156 valence electrons. The van der Waals surface area contributed by atoms with Crippen molar-refractivity contribution in [1.29, 1.82) is 0 Å². The first-order valence-corrected chi connectivity index (χ1v) is 11.1. The number of hydrogen-bond acceptors (Lipinski definition) is 3. The summed E-state index contributed by atoms with van der Waals surface area (Å²) in [6, 6.07) is 12.0. The number of carbonyl (C=O) groups excluding carboxylic acids is 3. The summed E-state index contributed by atoms with van der Waals surface area (Å²) in [6.45, 7) is 1.89. The molecule has 1 saturated heterocycles. The van der Waals surface area contributed by atoms with Crippen LogP contribution in [0.15, 0.2) is 54.6 Å². The molecule has 1 N–H and O–H groups in total. The van der Waals surface area contributed by atoms with Gasteiger partial charge in [0, 0.05) is 16.3 Å². The molecule has 2 saturated carbocycles. The largest absolute Gasteiger partial charge is 0.322 e. The van der Waals surface area contributed by atoms with Gasteiger partial charge in [-0.3, -0.25) is 14.4 Å². The van der Waals surface area contributed by atoms with Crippen molar-refractivity contribution in [2.45, 2.75) is 13.3 Å². The topological polar surface area (TPSA) is 66.5 Å². The molecule has 0 unspecified atom stereocenters. The quantitative estimate of drug-likeness (QED) is 0.575. The number of nitrogens with zero attached hydrogens (tertiary/aromatic N) is 1. The Hall–Kier alpha value is -2.92. The average Bonchev–Trinajstić information content (AvgIpc) is 3.54. The molecule has 0 aromatic heterocycles. The summed E-state index contributed by atoms with van der Waals surface area (Å²) >= 11 is 6.05. The Balaban J connectivity index is 1.29. The van der Waals surface area contributed by atoms with Crippen molar-refractivity contribution >= 4 is 40.7 Å². The Morgan fingerprint density at radius 2 is 1.68 bits per heavy atom. The van der Waals surface area contributed by atoms with Gasteiger partial charge in [0.15, 0.2) is 0 Å². The minimum Gasteiger partial charge on any atom is -0.322 e. The molecule has 7 rings (SSSR count). The zero-order valence-corrected chi connectivity index (χ0v) is 17.7. The standard InChI is InChI=1S/C25H21ClN2O3/c1-12-5-6-14(26)10-20(12)27-23(29)13-3-2-4-15(9-13)28-24(30)21-16-7-8-17(19-11-18(16)19)22(21)25(28)31/h2-10,16-19,21-22H,11H2,1H3,(H,27,29)/t16-,17-,18-,19+,21-,22+/m0/s1. The summed E-state index contributed by atoms with van der Waals surface area (Å²) in [5.41, 5.74) is 2.37. The van der Waals surface area contributed by atoms with Gasteiger partial charge in [-0.1, -0.05) is 35.9 Å². The number of carbonyl (C=O) groups is 3. The van der Waals surface area contributed by atoms with Crippen LogP contribution < -0.4 is 10.2 Å². The second kappa shape index (κ2) is 6.54. The summed E-state index contributed by atoms with van der Waals surface area (Å²) in [4.78, 5) is 40.8. The molecule has 2 aromatic carbocycles. The van der Waals surface area contributed by atoms with E-state index < -0.39 is 0 Å². The van der Waals surface area contributed by atoms with E-state index in [0.717, 1.165) is 12.0 Å². The van der Waals surface area contributed by atoms with Crippen LogP contribution in [0, 0.1) is 42.4 Å². The van der Waals surface area contributed by atoms with Crippen LogP contribution in [-0.2, 0) is 9.59 Å². The summed E-state index contributed by atoms with van der Waals surface area (Å²) in [5.74, 6) is 0.419. The molecule has 3 fully saturated rings. The highest BCUT2D eigenvalue weighted by Crippen LogP contribution is 2.65. The maximum Gasteiger partial charge on any atom is 0.255 e. The molecule has 5 aliphatic rings. The molecule has 6 heteroatoms. The SMILES string of the molecule is Cc1ccc(Cl)cc1NC(=O)c1cccc(N2C(=O)[C@@H]3[C@H]4C=C[C@@H]([C@@H]5C[C@H]45)[C@@H]3C2=O)c1. The molecule has 1 heterocycles. The molecule has 31 heavy (non-hydrogen) atoms. The summed E-state index contributed by atoms with van der Waals surface area (Å²) in [6.07, 6.45) is 5.45. The molecule has 2 aromatic rings. The minimum atomic E-state index is -0.313. The van der Waals surface area contributed by atoms with Crippen molar-refractivity contribution in [1.82, 2.24) is 0 Å². The van der Waals surface area contributed by atoms with E-state index in [1.165, 1.54) is 4.90 Å². The van der Waals surface area contributed by atoms with E-state index in [0.29, 0.717) is 33.8 Å². The highest BCUT2D eigenvalue weighted by molar-refractivity contribution is 6.31. The first-order chi connectivity index (χ1) is 14.9. The van der Waals surface area contributed by atoms with E-state index in [1.807, 2.05) is 13.0 Å². The molecule has 4 aliphatic carbocycles. The lowest BCUT2D eigenvalue weighted by Crippen LogP contribution is -2.40. The number of rotatable bonds is 3. The second-order valence-electron chi connectivity index (χ2n) is 9.13. The van der Waals surface area contributed by atoms with Crippen molar-refractivity contribution in [3.05, 3.63) is 70.8 Å². The fraction of sp³-hybridized carbons (Fsp3) is 0.320. The second-order valence-corrected chi connectivity index (χ2v) is 9.57. The maximum absolute atomic E-state index is 13.3. The Bertz CT molecular complexity index is 1150. The Morgan fingerprint density at radius 3 is 2.35 bits per heavy atom. The van der Waals surface area contributed by atoms with E-state index >= 15 is 0 Å². The number of amides is 3. The Labute approximate surface area is 185 Å². The minimum absolute atomic E-state index is 0.122. The van der Waals surface area contributed by atoms with Crippen molar-refractivity contribution in [3.8, 4) is 0 Å². The third kappa shape index (κ3) is 2.72. The van der Waals surface area contributed by atoms with Crippen LogP contribution in [0.4, 0.5) is 11.4 Å². The predicted octanol–water partition coefficient (Wildman–Crippen LogP) is 4.46. The van der Waals surface area contributed by atoms with Crippen LogP contribution in [-0.4, -0.2) is 17.7 Å². The molecule has 3 amide bonds. The molecule has 0 spiro atoms. The van der Waals surface area contributed by atoms with E-state index in [1.54, 1.807) is 36.4 Å². The van der Waals surface area contributed by atoms with Crippen LogP contribution in [0.3, 0.4) is 0 Å².